The lowest BCUT2D eigenvalue weighted by molar-refractivity contribution is -0.137. The number of carboxylic acid groups (broad SMARTS) is 1. The zero-order chi connectivity index (χ0) is 30.9. The van der Waals surface area contributed by atoms with Crippen molar-refractivity contribution in [1.29, 1.82) is 0 Å². The first-order valence-corrected chi connectivity index (χ1v) is 15.3. The average molecular weight is 597 g/mol. The van der Waals surface area contributed by atoms with Crippen molar-refractivity contribution < 1.29 is 34.2 Å². The number of carboxylic acids is 1. The van der Waals surface area contributed by atoms with E-state index in [4.69, 9.17) is 5.11 Å². The van der Waals surface area contributed by atoms with Crippen LogP contribution in [0.15, 0.2) is 17.5 Å². The highest BCUT2D eigenvalue weighted by molar-refractivity contribution is 7.09. The average Bonchev–Trinajstić information content (AvgIpc) is 3.42. The summed E-state index contributed by atoms with van der Waals surface area (Å²) in [7, 11) is 0. The Labute approximate surface area is 247 Å². The van der Waals surface area contributed by atoms with Gasteiger partial charge in [-0.25, -0.2) is 0 Å². The smallest absolute Gasteiger partial charge is 0.303 e. The molecule has 11 nitrogen and oxygen atoms in total. The molecule has 41 heavy (non-hydrogen) atoms. The van der Waals surface area contributed by atoms with E-state index in [2.05, 4.69) is 21.3 Å². The minimum Gasteiger partial charge on any atom is -0.481 e. The van der Waals surface area contributed by atoms with Gasteiger partial charge in [0.15, 0.2) is 0 Å². The number of thiophene rings is 1. The van der Waals surface area contributed by atoms with Gasteiger partial charge >= 0.3 is 5.97 Å². The standard InChI is InChI=1S/C29H48N4O7S/c1-6-10-21(31-29(40)27(19(5)7-2)33-24(35)12-8-13-26(37)38)28(39)32-22(15-18(3)4)23(34)16-25(36)30-17-20-11-9-14-41-20/h9,11,14,18-19,21-23,27,34H,6-8,10,12-13,15-17H2,1-5H3,(H,30,36)(H,31,40)(H,32,39)(H,33,35)(H,37,38)/t19-,21-,22-,23-,27-/m0/s1. The fourth-order valence-corrected chi connectivity index (χ4v) is 4.92. The molecule has 0 unspecified atom stereocenters. The Bertz CT molecular complexity index is 970. The Hall–Kier alpha value is -2.99. The third-order valence-electron chi connectivity index (χ3n) is 6.77. The lowest BCUT2D eigenvalue weighted by Crippen LogP contribution is -2.57. The molecule has 5 atom stereocenters. The molecule has 0 aromatic carbocycles. The number of rotatable bonds is 20. The zero-order valence-corrected chi connectivity index (χ0v) is 25.7. The molecule has 0 saturated heterocycles. The molecule has 232 valence electrons. The van der Waals surface area contributed by atoms with Crippen molar-refractivity contribution in [2.24, 2.45) is 11.8 Å². The summed E-state index contributed by atoms with van der Waals surface area (Å²) >= 11 is 1.52. The maximum atomic E-state index is 13.3. The molecule has 0 fully saturated rings. The van der Waals surface area contributed by atoms with Gasteiger partial charge in [0.2, 0.25) is 23.6 Å². The zero-order valence-electron chi connectivity index (χ0n) is 24.9. The van der Waals surface area contributed by atoms with Crippen LogP contribution in [0.1, 0.15) is 90.9 Å². The maximum Gasteiger partial charge on any atom is 0.303 e. The summed E-state index contributed by atoms with van der Waals surface area (Å²) in [6, 6.07) is 1.29. The first kappa shape index (κ1) is 36.0. The Morgan fingerprint density at radius 2 is 1.66 bits per heavy atom. The van der Waals surface area contributed by atoms with Crippen molar-refractivity contribution in [3.63, 3.8) is 0 Å². The van der Waals surface area contributed by atoms with Gasteiger partial charge in [-0.15, -0.1) is 11.3 Å². The Balaban J connectivity index is 2.88. The van der Waals surface area contributed by atoms with Crippen molar-refractivity contribution in [1.82, 2.24) is 21.3 Å². The Morgan fingerprint density at radius 1 is 0.951 bits per heavy atom. The second-order valence-corrected chi connectivity index (χ2v) is 11.9. The first-order valence-electron chi connectivity index (χ1n) is 14.5. The molecule has 12 heteroatoms. The summed E-state index contributed by atoms with van der Waals surface area (Å²) < 4.78 is 0. The molecule has 6 N–H and O–H groups in total. The largest absolute Gasteiger partial charge is 0.481 e. The van der Waals surface area contributed by atoms with Gasteiger partial charge in [0, 0.05) is 17.7 Å². The summed E-state index contributed by atoms with van der Waals surface area (Å²) in [6.45, 7) is 9.83. The van der Waals surface area contributed by atoms with E-state index in [1.54, 1.807) is 0 Å². The summed E-state index contributed by atoms with van der Waals surface area (Å²) in [5.74, 6) is -2.85. The van der Waals surface area contributed by atoms with Crippen LogP contribution < -0.4 is 21.3 Å². The summed E-state index contributed by atoms with van der Waals surface area (Å²) in [5.41, 5.74) is 0. The number of nitrogens with one attached hydrogen (secondary N) is 4. The maximum absolute atomic E-state index is 13.3. The normalized spacial score (nSPS) is 14.8. The van der Waals surface area contributed by atoms with Gasteiger partial charge < -0.3 is 31.5 Å². The van der Waals surface area contributed by atoms with Crippen molar-refractivity contribution in [3.05, 3.63) is 22.4 Å². The highest BCUT2D eigenvalue weighted by Gasteiger charge is 2.32. The molecule has 0 saturated carbocycles. The van der Waals surface area contributed by atoms with Gasteiger partial charge in [-0.2, -0.15) is 0 Å². The van der Waals surface area contributed by atoms with E-state index in [-0.39, 0.29) is 43.4 Å². The molecule has 0 aliphatic carbocycles. The van der Waals surface area contributed by atoms with Crippen LogP contribution in [-0.2, 0) is 30.5 Å². The van der Waals surface area contributed by atoms with Gasteiger partial charge in [0.05, 0.1) is 25.1 Å². The van der Waals surface area contributed by atoms with E-state index < -0.39 is 47.9 Å². The highest BCUT2D eigenvalue weighted by atomic mass is 32.1. The molecule has 0 aliphatic heterocycles. The van der Waals surface area contributed by atoms with Crippen LogP contribution in [-0.4, -0.2) is 64.0 Å². The van der Waals surface area contributed by atoms with Crippen LogP contribution >= 0.6 is 11.3 Å². The third-order valence-corrected chi connectivity index (χ3v) is 7.65. The number of aliphatic hydroxyl groups excluding tert-OH is 1. The van der Waals surface area contributed by atoms with E-state index >= 15 is 0 Å². The van der Waals surface area contributed by atoms with Crippen molar-refractivity contribution in [2.75, 3.05) is 0 Å². The highest BCUT2D eigenvalue weighted by Crippen LogP contribution is 2.14. The topological polar surface area (TPSA) is 174 Å². The minimum atomic E-state index is -1.12. The summed E-state index contributed by atoms with van der Waals surface area (Å²) in [5, 5.41) is 32.7. The van der Waals surface area contributed by atoms with Crippen molar-refractivity contribution in [2.45, 2.75) is 117 Å². The fourth-order valence-electron chi connectivity index (χ4n) is 4.27. The third kappa shape index (κ3) is 14.5. The van der Waals surface area contributed by atoms with Crippen LogP contribution in [0, 0.1) is 11.8 Å². The van der Waals surface area contributed by atoms with E-state index in [1.807, 2.05) is 52.1 Å². The van der Waals surface area contributed by atoms with Crippen LogP contribution in [0.3, 0.4) is 0 Å². The van der Waals surface area contributed by atoms with E-state index in [1.165, 1.54) is 11.3 Å². The summed E-state index contributed by atoms with van der Waals surface area (Å²) in [4.78, 5) is 63.2. The van der Waals surface area contributed by atoms with Crippen LogP contribution in [0.2, 0.25) is 0 Å². The molecular weight excluding hydrogens is 548 g/mol. The number of aliphatic hydroxyl groups is 1. The van der Waals surface area contributed by atoms with Crippen LogP contribution in [0.5, 0.6) is 0 Å². The number of amides is 4. The molecule has 0 bridgehead atoms. The fraction of sp³-hybridized carbons (Fsp3) is 0.690. The predicted molar refractivity (Wildman–Crippen MR) is 158 cm³/mol. The number of aliphatic carboxylic acids is 1. The lowest BCUT2D eigenvalue weighted by atomic mass is 9.95. The molecule has 1 rings (SSSR count). The van der Waals surface area contributed by atoms with Crippen LogP contribution in [0.4, 0.5) is 0 Å². The Kier molecular flexibility index (Phi) is 16.9. The molecule has 1 heterocycles. The monoisotopic (exact) mass is 596 g/mol. The lowest BCUT2D eigenvalue weighted by Gasteiger charge is -2.29. The van der Waals surface area contributed by atoms with Gasteiger partial charge in [-0.3, -0.25) is 24.0 Å². The van der Waals surface area contributed by atoms with E-state index in [0.29, 0.717) is 32.2 Å². The number of carbonyl (C=O) groups is 5. The van der Waals surface area contributed by atoms with Gasteiger partial charge in [0.1, 0.15) is 12.1 Å². The second kappa shape index (κ2) is 19.2. The quantitative estimate of drug-likeness (QED) is 0.134. The number of carbonyl (C=O) groups excluding carboxylic acids is 4. The van der Waals surface area contributed by atoms with Crippen molar-refractivity contribution in [3.8, 4) is 0 Å². The molecule has 4 amide bonds. The van der Waals surface area contributed by atoms with E-state index in [0.717, 1.165) is 4.88 Å². The van der Waals surface area contributed by atoms with Gasteiger partial charge in [-0.1, -0.05) is 53.5 Å². The number of hydrogen-bond donors (Lipinski definition) is 6. The van der Waals surface area contributed by atoms with Crippen LogP contribution in [0.25, 0.3) is 0 Å². The molecule has 1 aromatic rings. The molecule has 0 spiro atoms. The van der Waals surface area contributed by atoms with Crippen molar-refractivity contribution >= 4 is 40.9 Å². The molecule has 0 radical (unpaired) electrons. The molecule has 0 aliphatic rings. The van der Waals surface area contributed by atoms with Gasteiger partial charge in [0.25, 0.3) is 0 Å². The minimum absolute atomic E-state index is 0.0267. The first-order chi connectivity index (χ1) is 19.4. The molecular formula is C29H48N4O7S. The SMILES string of the molecule is CCC[C@H](NC(=O)[C@@H](NC(=O)CCCC(=O)O)[C@@H](C)CC)C(=O)N[C@@H](CC(C)C)[C@@H](O)CC(=O)NCc1cccs1. The predicted octanol–water partition coefficient (Wildman–Crippen LogP) is 2.72. The number of hydrogen-bond acceptors (Lipinski definition) is 7. The molecule has 1 aromatic heterocycles. The van der Waals surface area contributed by atoms with Gasteiger partial charge in [-0.05, 0) is 42.5 Å². The second-order valence-electron chi connectivity index (χ2n) is 10.9. The van der Waals surface area contributed by atoms with E-state index in [9.17, 15) is 29.1 Å². The Morgan fingerprint density at radius 3 is 2.22 bits per heavy atom. The summed E-state index contributed by atoms with van der Waals surface area (Å²) in [6.07, 6.45) is 0.628.